The molecule has 0 saturated carbocycles. The predicted molar refractivity (Wildman–Crippen MR) is 98.5 cm³/mol. The number of aliphatic hydroxyl groups excluding tert-OH is 1. The highest BCUT2D eigenvalue weighted by atomic mass is 35.5. The minimum absolute atomic E-state index is 0.0118. The van der Waals surface area contributed by atoms with E-state index in [1.54, 1.807) is 0 Å². The van der Waals surface area contributed by atoms with E-state index in [4.69, 9.17) is 33.8 Å². The Kier molecular flexibility index (Phi) is 7.35. The van der Waals surface area contributed by atoms with Gasteiger partial charge < -0.3 is 29.4 Å². The summed E-state index contributed by atoms with van der Waals surface area (Å²) in [5, 5.41) is 11.8. The molecule has 1 aromatic heterocycles. The first kappa shape index (κ1) is 24.8. The number of aromatic amines is 1. The van der Waals surface area contributed by atoms with E-state index < -0.39 is 71.2 Å². The van der Waals surface area contributed by atoms with Crippen LogP contribution in [-0.2, 0) is 31.6 Å². The molecule has 6 N–H and O–H groups in total. The summed E-state index contributed by atoms with van der Waals surface area (Å²) in [4.78, 5) is 60.3. The van der Waals surface area contributed by atoms with Gasteiger partial charge in [0.05, 0.1) is 15.5 Å². The maximum atomic E-state index is 15.6. The van der Waals surface area contributed by atoms with Gasteiger partial charge in [0.15, 0.2) is 6.23 Å². The molecule has 2 heterocycles. The molecule has 3 unspecified atom stereocenters. The molecule has 0 aromatic carbocycles. The van der Waals surface area contributed by atoms with Gasteiger partial charge in [0.1, 0.15) is 12.2 Å². The van der Waals surface area contributed by atoms with Crippen molar-refractivity contribution in [2.24, 2.45) is 0 Å². The van der Waals surface area contributed by atoms with E-state index in [9.17, 15) is 37.7 Å². The van der Waals surface area contributed by atoms with Crippen molar-refractivity contribution < 1.29 is 67.8 Å². The van der Waals surface area contributed by atoms with Crippen molar-refractivity contribution in [3.05, 3.63) is 32.9 Å². The lowest BCUT2D eigenvalue weighted by atomic mass is 9.97. The lowest BCUT2D eigenvalue weighted by molar-refractivity contribution is -0.0539. The molecular formula is C11H12ClF2N2O14P3. The zero-order chi connectivity index (χ0) is 27.2. The van der Waals surface area contributed by atoms with E-state index in [0.717, 1.165) is 0 Å². The molecule has 16 nitrogen and oxygen atoms in total. The van der Waals surface area contributed by atoms with E-state index in [-0.39, 0.29) is 10.8 Å². The number of phosphoric acid groups is 3. The molecule has 186 valence electrons. The highest BCUT2D eigenvalue weighted by Crippen LogP contribution is 2.66. The smallest absolute Gasteiger partial charge is 0.386 e. The zero-order valence-corrected chi connectivity index (χ0v) is 18.6. The van der Waals surface area contributed by atoms with Crippen molar-refractivity contribution in [3.63, 3.8) is 0 Å². The molecule has 1 aromatic rings. The van der Waals surface area contributed by atoms with E-state index in [1.165, 1.54) is 16.3 Å². The lowest BCUT2D eigenvalue weighted by Gasteiger charge is -2.23. The molecule has 1 aliphatic rings. The van der Waals surface area contributed by atoms with Gasteiger partial charge in [-0.3, -0.25) is 18.9 Å². The highest BCUT2D eigenvalue weighted by Gasteiger charge is 2.58. The van der Waals surface area contributed by atoms with Gasteiger partial charge in [0, 0.05) is 5.38 Å². The summed E-state index contributed by atoms with van der Waals surface area (Å²) in [6.45, 7) is -3.89. The van der Waals surface area contributed by atoms with Gasteiger partial charge >= 0.3 is 29.2 Å². The first-order valence-corrected chi connectivity index (χ1v) is 12.5. The molecule has 0 amide bonds. The maximum Gasteiger partial charge on any atom is 0.490 e. The summed E-state index contributed by atoms with van der Waals surface area (Å²) >= 11 is 5.13. The number of aromatic nitrogens is 2. The first-order valence-electron chi connectivity index (χ1n) is 8.65. The Balaban J connectivity index is 2.45. The second kappa shape index (κ2) is 9.76. The number of alkyl halides is 1. The van der Waals surface area contributed by atoms with Gasteiger partial charge in [-0.25, -0.2) is 22.9 Å². The Labute approximate surface area is 187 Å². The quantitative estimate of drug-likeness (QED) is 0.167. The summed E-state index contributed by atoms with van der Waals surface area (Å²) in [5.74, 6) is -0.131. The van der Waals surface area contributed by atoms with Crippen molar-refractivity contribution in [1.29, 1.82) is 0 Å². The molecule has 0 radical (unpaired) electrons. The Hall–Kier alpha value is -1.28. The monoisotopic (exact) mass is 564 g/mol. The highest BCUT2D eigenvalue weighted by molar-refractivity contribution is 7.66. The normalized spacial score (nSPS) is 30.4. The molecule has 2 rings (SSSR count). The summed E-state index contributed by atoms with van der Waals surface area (Å²) in [5.41, 5.74) is -6.66. The van der Waals surface area contributed by atoms with Gasteiger partial charge in [-0.05, 0) is 17.5 Å². The molecule has 1 aliphatic heterocycles. The Morgan fingerprint density at radius 2 is 1.88 bits per heavy atom. The van der Waals surface area contributed by atoms with Crippen LogP contribution in [0.1, 0.15) is 8.97 Å². The average Bonchev–Trinajstić information content (AvgIpc) is 2.86. The molecule has 0 spiro atoms. The van der Waals surface area contributed by atoms with Crippen molar-refractivity contribution in [1.82, 2.24) is 9.55 Å². The number of hydrogen-bond donors (Lipinski definition) is 6. The zero-order valence-electron chi connectivity index (χ0n) is 17.1. The largest absolute Gasteiger partial charge is 0.490 e. The number of halogens is 3. The van der Waals surface area contributed by atoms with Crippen LogP contribution in [0.2, 0.25) is 0 Å². The molecule has 1 fully saturated rings. The summed E-state index contributed by atoms with van der Waals surface area (Å²) in [7, 11) is -18.1. The third kappa shape index (κ3) is 6.87. The van der Waals surface area contributed by atoms with E-state index >= 15 is 4.39 Å². The minimum Gasteiger partial charge on any atom is -0.386 e. The van der Waals surface area contributed by atoms with Crippen molar-refractivity contribution in [2.75, 3.05) is 6.56 Å². The van der Waals surface area contributed by atoms with Gasteiger partial charge in [-0.15, -0.1) is 0 Å². The van der Waals surface area contributed by atoms with Crippen LogP contribution in [0.15, 0.2) is 15.8 Å². The molecular weight excluding hydrogens is 550 g/mol. The molecule has 22 heteroatoms. The summed E-state index contributed by atoms with van der Waals surface area (Å²) in [6.07, 6.45) is -8.10. The molecule has 0 aliphatic carbocycles. The Morgan fingerprint density at radius 1 is 1.27 bits per heavy atom. The number of phosphoric ester groups is 1. The second-order valence-electron chi connectivity index (χ2n) is 5.79. The van der Waals surface area contributed by atoms with Crippen LogP contribution in [0.4, 0.5) is 8.78 Å². The third-order valence-electron chi connectivity index (χ3n) is 3.47. The van der Waals surface area contributed by atoms with Gasteiger partial charge in [-0.2, -0.15) is 13.0 Å². The van der Waals surface area contributed by atoms with Crippen LogP contribution in [0.5, 0.6) is 0 Å². The van der Waals surface area contributed by atoms with Crippen LogP contribution in [-0.4, -0.2) is 58.7 Å². The number of H-pyrrole nitrogens is 1. The molecule has 33 heavy (non-hydrogen) atoms. The lowest BCUT2D eigenvalue weighted by Crippen LogP contribution is -2.45. The molecule has 1 saturated heterocycles. The third-order valence-corrected chi connectivity index (χ3v) is 7.23. The predicted octanol–water partition coefficient (Wildman–Crippen LogP) is -0.815. The van der Waals surface area contributed by atoms with E-state index in [0.29, 0.717) is 0 Å². The Bertz CT molecular complexity index is 1320. The van der Waals surface area contributed by atoms with Crippen molar-refractivity contribution in [3.8, 4) is 11.3 Å². The van der Waals surface area contributed by atoms with Gasteiger partial charge in [-0.1, -0.05) is 0 Å². The van der Waals surface area contributed by atoms with Crippen LogP contribution < -0.4 is 11.2 Å². The van der Waals surface area contributed by atoms with Crippen molar-refractivity contribution >= 4 is 35.1 Å². The standard InChI is InChI=1S/C11H12ClF2N2O14P3/c12-2-1-11(14)7(17)6(28-9(11)16-3-5(13)8(18)15-10(16)19)4-27-32(23,24)30-33(25,26)29-31(20,21)22/h3,6-7,9,17H,4H2,(H,23,24)(H,25,26)(H,15,18,19)(H2,20,21,22)/t6-,7+,9-,11?/m1/s1/i4D2. The van der Waals surface area contributed by atoms with Crippen LogP contribution >= 0.6 is 35.1 Å². The number of aliphatic hydroxyl groups is 1. The SMILES string of the molecule is [2H]C([2H])(OP(=O)(O)OP(=O)(O)OP(=O)(O)O)[C@H]1O[C@@H](n2cc(F)c(=O)[nH]c2=O)C(F)(C#CCl)[C@H]1O. The molecule has 6 atom stereocenters. The fourth-order valence-electron chi connectivity index (χ4n) is 2.30. The maximum absolute atomic E-state index is 15.6. The fourth-order valence-corrected chi connectivity index (χ4v) is 5.32. The number of ether oxygens (including phenoxy) is 1. The number of nitrogens with zero attached hydrogens (tertiary/aromatic N) is 1. The van der Waals surface area contributed by atoms with Crippen LogP contribution in [0.25, 0.3) is 0 Å². The molecule has 0 bridgehead atoms. The average molecular weight is 565 g/mol. The minimum atomic E-state index is -6.18. The second-order valence-corrected chi connectivity index (χ2v) is 10.3. The topological polar surface area (TPSA) is 244 Å². The number of hydrogen-bond acceptors (Lipinski definition) is 10. The fraction of sp³-hybridized carbons (Fsp3) is 0.455. The number of rotatable bonds is 8. The van der Waals surface area contributed by atoms with Gasteiger partial charge in [0.2, 0.25) is 11.5 Å². The van der Waals surface area contributed by atoms with Gasteiger partial charge in [0.25, 0.3) is 5.56 Å². The Morgan fingerprint density at radius 3 is 2.42 bits per heavy atom. The van der Waals surface area contributed by atoms with E-state index in [2.05, 4.69) is 13.1 Å². The summed E-state index contributed by atoms with van der Waals surface area (Å²) < 4.78 is 94.2. The van der Waals surface area contributed by atoms with Crippen LogP contribution in [0.3, 0.4) is 0 Å². The summed E-state index contributed by atoms with van der Waals surface area (Å²) in [6, 6.07) is 0. The van der Waals surface area contributed by atoms with Crippen LogP contribution in [0, 0.1) is 17.1 Å². The van der Waals surface area contributed by atoms with Crippen molar-refractivity contribution in [2.45, 2.75) is 24.1 Å². The first-order chi connectivity index (χ1) is 15.6. The number of nitrogens with one attached hydrogen (secondary N) is 1. The van der Waals surface area contributed by atoms with E-state index in [1.807, 2.05) is 0 Å².